The minimum Gasteiger partial charge on any atom is -0.457 e. The first-order chi connectivity index (χ1) is 17.1. The van der Waals surface area contributed by atoms with Crippen molar-refractivity contribution in [3.8, 4) is 11.5 Å². The molecule has 6 heteroatoms. The van der Waals surface area contributed by atoms with Crippen LogP contribution in [0, 0.1) is 0 Å². The summed E-state index contributed by atoms with van der Waals surface area (Å²) >= 11 is 1.30. The molecule has 0 aromatic heterocycles. The summed E-state index contributed by atoms with van der Waals surface area (Å²) in [7, 11) is 1.81. The van der Waals surface area contributed by atoms with Crippen molar-refractivity contribution in [2.75, 3.05) is 16.8 Å². The van der Waals surface area contributed by atoms with Crippen LogP contribution in [0.2, 0.25) is 0 Å². The second-order valence-electron chi connectivity index (χ2n) is 7.84. The Morgan fingerprint density at radius 1 is 0.657 bits per heavy atom. The molecular weight excluding hydrogens is 456 g/mol. The van der Waals surface area contributed by atoms with Gasteiger partial charge in [0.05, 0.1) is 5.69 Å². The molecule has 0 unspecified atom stereocenters. The summed E-state index contributed by atoms with van der Waals surface area (Å²) in [5.74, 6) is 0.617. The minimum absolute atomic E-state index is 0.347. The number of nitrogens with zero attached hydrogens (tertiary/aromatic N) is 2. The topological polar surface area (TPSA) is 49.9 Å². The van der Waals surface area contributed by atoms with Gasteiger partial charge in [-0.1, -0.05) is 66.4 Å². The summed E-state index contributed by atoms with van der Waals surface area (Å²) in [6.45, 7) is 0. The molecular formula is C29H22N2O3S. The number of hydrogen-bond acceptors (Lipinski definition) is 5. The molecule has 0 N–H and O–H groups in total. The van der Waals surface area contributed by atoms with E-state index in [2.05, 4.69) is 0 Å². The Morgan fingerprint density at radius 3 is 1.83 bits per heavy atom. The number of carbonyl (C=O) groups excluding carboxylic acids is 2. The molecule has 1 aliphatic rings. The maximum atomic E-state index is 13.7. The molecule has 5 rings (SSSR count). The Hall–Kier alpha value is -4.29. The zero-order valence-electron chi connectivity index (χ0n) is 19.0. The lowest BCUT2D eigenvalue weighted by atomic mass is 10.2. The number of anilines is 2. The summed E-state index contributed by atoms with van der Waals surface area (Å²) in [4.78, 5) is 31.6. The van der Waals surface area contributed by atoms with Crippen LogP contribution in [0.15, 0.2) is 131 Å². The smallest absolute Gasteiger partial charge is 0.283 e. The lowest BCUT2D eigenvalue weighted by Crippen LogP contribution is -2.34. The van der Waals surface area contributed by atoms with Gasteiger partial charge in [-0.25, -0.2) is 4.90 Å². The average Bonchev–Trinajstić information content (AvgIpc) is 3.14. The molecule has 0 spiro atoms. The largest absolute Gasteiger partial charge is 0.457 e. The van der Waals surface area contributed by atoms with Gasteiger partial charge >= 0.3 is 0 Å². The molecule has 1 aliphatic heterocycles. The van der Waals surface area contributed by atoms with Gasteiger partial charge in [0.1, 0.15) is 22.1 Å². The molecule has 1 heterocycles. The van der Waals surface area contributed by atoms with Crippen molar-refractivity contribution in [1.82, 2.24) is 0 Å². The van der Waals surface area contributed by atoms with Crippen LogP contribution in [0.1, 0.15) is 0 Å². The van der Waals surface area contributed by atoms with Crippen LogP contribution in [0.4, 0.5) is 11.4 Å². The fourth-order valence-corrected chi connectivity index (χ4v) is 4.82. The number of rotatable bonds is 7. The highest BCUT2D eigenvalue weighted by molar-refractivity contribution is 8.04. The van der Waals surface area contributed by atoms with Crippen LogP contribution in [-0.4, -0.2) is 18.9 Å². The number of imide groups is 1. The number of thioether (sulfide) groups is 1. The number of carbonyl (C=O) groups is 2. The molecule has 0 saturated heterocycles. The maximum absolute atomic E-state index is 13.7. The summed E-state index contributed by atoms with van der Waals surface area (Å²) < 4.78 is 5.86. The third-order valence-electron chi connectivity index (χ3n) is 5.53. The molecule has 5 nitrogen and oxygen atoms in total. The molecule has 2 amide bonds. The zero-order chi connectivity index (χ0) is 24.2. The molecule has 4 aromatic carbocycles. The predicted octanol–water partition coefficient (Wildman–Crippen LogP) is 6.49. The first kappa shape index (κ1) is 22.5. The molecule has 0 radical (unpaired) electrons. The number of para-hydroxylation sites is 2. The Balaban J connectivity index is 1.47. The van der Waals surface area contributed by atoms with E-state index in [1.165, 1.54) is 16.7 Å². The highest BCUT2D eigenvalue weighted by Crippen LogP contribution is 2.40. The van der Waals surface area contributed by atoms with Crippen molar-refractivity contribution in [3.05, 3.63) is 126 Å². The highest BCUT2D eigenvalue weighted by Gasteiger charge is 2.42. The van der Waals surface area contributed by atoms with Gasteiger partial charge in [-0.15, -0.1) is 0 Å². The lowest BCUT2D eigenvalue weighted by Gasteiger charge is -2.21. The van der Waals surface area contributed by atoms with E-state index in [0.717, 1.165) is 10.6 Å². The Kier molecular flexibility index (Phi) is 6.37. The van der Waals surface area contributed by atoms with Crippen LogP contribution in [0.3, 0.4) is 0 Å². The van der Waals surface area contributed by atoms with Gasteiger partial charge in [0, 0.05) is 17.6 Å². The number of amides is 2. The van der Waals surface area contributed by atoms with E-state index in [1.807, 2.05) is 98.0 Å². The summed E-state index contributed by atoms with van der Waals surface area (Å²) in [6.07, 6.45) is 0. The number of benzene rings is 4. The summed E-state index contributed by atoms with van der Waals surface area (Å²) in [5, 5.41) is 0. The average molecular weight is 479 g/mol. The molecule has 35 heavy (non-hydrogen) atoms. The summed E-state index contributed by atoms with van der Waals surface area (Å²) in [5.41, 5.74) is 1.66. The van der Waals surface area contributed by atoms with Crippen LogP contribution in [0.25, 0.3) is 0 Å². The van der Waals surface area contributed by atoms with Crippen LogP contribution in [0.5, 0.6) is 11.5 Å². The molecule has 0 saturated carbocycles. The third-order valence-corrected chi connectivity index (χ3v) is 6.61. The normalized spacial score (nSPS) is 13.3. The second-order valence-corrected chi connectivity index (χ2v) is 8.93. The summed E-state index contributed by atoms with van der Waals surface area (Å²) in [6, 6.07) is 35.5. The van der Waals surface area contributed by atoms with Crippen molar-refractivity contribution >= 4 is 35.0 Å². The van der Waals surface area contributed by atoms with Gasteiger partial charge in [0.2, 0.25) is 0 Å². The number of ether oxygens (including phenoxy) is 1. The number of hydrogen-bond donors (Lipinski definition) is 0. The van der Waals surface area contributed by atoms with Crippen molar-refractivity contribution in [3.63, 3.8) is 0 Å². The van der Waals surface area contributed by atoms with E-state index in [-0.39, 0.29) is 11.8 Å². The van der Waals surface area contributed by atoms with E-state index in [0.29, 0.717) is 27.8 Å². The van der Waals surface area contributed by atoms with Gasteiger partial charge in [0.15, 0.2) is 0 Å². The third kappa shape index (κ3) is 4.69. The van der Waals surface area contributed by atoms with Crippen LogP contribution >= 0.6 is 11.8 Å². The minimum atomic E-state index is -0.364. The van der Waals surface area contributed by atoms with Crippen LogP contribution in [-0.2, 0) is 9.59 Å². The van der Waals surface area contributed by atoms with Crippen molar-refractivity contribution in [2.45, 2.75) is 4.90 Å². The van der Waals surface area contributed by atoms with Gasteiger partial charge in [-0.05, 0) is 60.7 Å². The van der Waals surface area contributed by atoms with E-state index in [9.17, 15) is 9.59 Å². The Bertz CT molecular complexity index is 1370. The molecule has 4 aromatic rings. The first-order valence-electron chi connectivity index (χ1n) is 11.1. The maximum Gasteiger partial charge on any atom is 0.283 e. The Morgan fingerprint density at radius 2 is 1.20 bits per heavy atom. The molecule has 0 aliphatic carbocycles. The van der Waals surface area contributed by atoms with E-state index >= 15 is 0 Å². The van der Waals surface area contributed by atoms with E-state index in [4.69, 9.17) is 4.74 Å². The molecule has 0 bridgehead atoms. The number of likely N-dealkylation sites (N-methyl/N-ethyl adjacent to an activating group) is 1. The van der Waals surface area contributed by atoms with Crippen LogP contribution < -0.4 is 14.5 Å². The monoisotopic (exact) mass is 478 g/mol. The molecule has 172 valence electrons. The quantitative estimate of drug-likeness (QED) is 0.284. The predicted molar refractivity (Wildman–Crippen MR) is 140 cm³/mol. The second kappa shape index (κ2) is 9.91. The van der Waals surface area contributed by atoms with Gasteiger partial charge < -0.3 is 9.64 Å². The van der Waals surface area contributed by atoms with Crippen molar-refractivity contribution < 1.29 is 14.3 Å². The SMILES string of the molecule is CN(C1=C(Sc2ccccc2)C(=O)N(c2ccc(Oc3ccccc3)cc2)C1=O)c1ccccc1. The van der Waals surface area contributed by atoms with Gasteiger partial charge in [-0.2, -0.15) is 0 Å². The highest BCUT2D eigenvalue weighted by atomic mass is 32.2. The molecule has 0 atom stereocenters. The van der Waals surface area contributed by atoms with E-state index < -0.39 is 0 Å². The first-order valence-corrected chi connectivity index (χ1v) is 11.9. The van der Waals surface area contributed by atoms with Gasteiger partial charge in [0.25, 0.3) is 11.8 Å². The van der Waals surface area contributed by atoms with Crippen molar-refractivity contribution in [2.24, 2.45) is 0 Å². The standard InChI is InChI=1S/C29H22N2O3S/c1-30(21-11-5-2-6-12-21)26-27(35-25-15-9-4-10-16-25)29(33)31(28(26)32)22-17-19-24(20-18-22)34-23-13-7-3-8-14-23/h2-20H,1H3. The lowest BCUT2D eigenvalue weighted by molar-refractivity contribution is -0.120. The molecule has 0 fully saturated rings. The van der Waals surface area contributed by atoms with Gasteiger partial charge in [-0.3, -0.25) is 9.59 Å². The van der Waals surface area contributed by atoms with E-state index in [1.54, 1.807) is 29.2 Å². The fourth-order valence-electron chi connectivity index (χ4n) is 3.80. The van der Waals surface area contributed by atoms with Crippen molar-refractivity contribution in [1.29, 1.82) is 0 Å². The fraction of sp³-hybridized carbons (Fsp3) is 0.0345. The zero-order valence-corrected chi connectivity index (χ0v) is 19.8. The Labute approximate surface area is 208 Å².